The van der Waals surface area contributed by atoms with Gasteiger partial charge in [0.15, 0.2) is 5.96 Å². The number of halogens is 1. The van der Waals surface area contributed by atoms with Crippen LogP contribution in [0.15, 0.2) is 29.3 Å². The van der Waals surface area contributed by atoms with Crippen LogP contribution in [0.4, 0.5) is 5.69 Å². The number of nitrogens with zero attached hydrogens (tertiary/aromatic N) is 1. The molecule has 0 bridgehead atoms. The van der Waals surface area contributed by atoms with Gasteiger partial charge in [-0.15, -0.1) is 24.0 Å². The molecule has 158 valence electrons. The summed E-state index contributed by atoms with van der Waals surface area (Å²) < 4.78 is 0. The summed E-state index contributed by atoms with van der Waals surface area (Å²) in [6.45, 7) is 7.48. The summed E-state index contributed by atoms with van der Waals surface area (Å²) in [5.41, 5.74) is 1.92. The molecule has 0 saturated heterocycles. The van der Waals surface area contributed by atoms with E-state index in [-0.39, 0.29) is 35.8 Å². The summed E-state index contributed by atoms with van der Waals surface area (Å²) >= 11 is 1.96. The van der Waals surface area contributed by atoms with E-state index in [2.05, 4.69) is 29.1 Å². The van der Waals surface area contributed by atoms with Gasteiger partial charge in [-0.2, -0.15) is 11.8 Å². The van der Waals surface area contributed by atoms with Gasteiger partial charge in [0.2, 0.25) is 5.91 Å². The third-order valence-corrected chi connectivity index (χ3v) is 6.17. The van der Waals surface area contributed by atoms with Crippen molar-refractivity contribution in [3.8, 4) is 0 Å². The zero-order chi connectivity index (χ0) is 19.6. The highest BCUT2D eigenvalue weighted by Gasteiger charge is 2.24. The van der Waals surface area contributed by atoms with E-state index < -0.39 is 0 Å². The summed E-state index contributed by atoms with van der Waals surface area (Å²) in [6, 6.07) is 8.45. The van der Waals surface area contributed by atoms with Crippen molar-refractivity contribution in [2.45, 2.75) is 64.3 Å². The first-order valence-corrected chi connectivity index (χ1v) is 11.3. The summed E-state index contributed by atoms with van der Waals surface area (Å²) in [5, 5.41) is 10.7. The Morgan fingerprint density at radius 2 is 2.11 bits per heavy atom. The van der Waals surface area contributed by atoms with Gasteiger partial charge in [-0.25, -0.2) is 4.99 Å². The van der Waals surface area contributed by atoms with E-state index in [0.29, 0.717) is 12.6 Å². The van der Waals surface area contributed by atoms with Crippen LogP contribution >= 0.6 is 35.7 Å². The third-order valence-electron chi connectivity index (χ3n) is 5.08. The van der Waals surface area contributed by atoms with Gasteiger partial charge in [-0.3, -0.25) is 4.79 Å². The molecule has 1 aromatic rings. The van der Waals surface area contributed by atoms with E-state index in [0.717, 1.165) is 35.4 Å². The average Bonchev–Trinajstić information content (AvgIpc) is 3.13. The number of nitrogens with one attached hydrogen (secondary N) is 3. The van der Waals surface area contributed by atoms with Gasteiger partial charge < -0.3 is 16.0 Å². The molecule has 0 spiro atoms. The minimum absolute atomic E-state index is 0. The van der Waals surface area contributed by atoms with Crippen LogP contribution in [0.25, 0.3) is 0 Å². The number of aliphatic imine (C=N–C) groups is 1. The predicted molar refractivity (Wildman–Crippen MR) is 133 cm³/mol. The van der Waals surface area contributed by atoms with Gasteiger partial charge in [0.05, 0.1) is 6.54 Å². The smallest absolute Gasteiger partial charge is 0.227 e. The highest BCUT2D eigenvalue weighted by atomic mass is 127. The van der Waals surface area contributed by atoms with Gasteiger partial charge in [-0.1, -0.05) is 26.0 Å². The second-order valence-electron chi connectivity index (χ2n) is 7.21. The van der Waals surface area contributed by atoms with Crippen LogP contribution in [0.1, 0.15) is 52.0 Å². The molecule has 7 heteroatoms. The number of hydrogen-bond acceptors (Lipinski definition) is 3. The molecule has 1 amide bonds. The minimum Gasteiger partial charge on any atom is -0.357 e. The Morgan fingerprint density at radius 1 is 1.32 bits per heavy atom. The summed E-state index contributed by atoms with van der Waals surface area (Å²) in [5.74, 6) is 0.962. The van der Waals surface area contributed by atoms with E-state index in [4.69, 9.17) is 4.99 Å². The zero-order valence-electron chi connectivity index (χ0n) is 17.5. The molecule has 3 N–H and O–H groups in total. The van der Waals surface area contributed by atoms with Crippen LogP contribution in [0.5, 0.6) is 0 Å². The van der Waals surface area contributed by atoms with E-state index in [1.165, 1.54) is 19.3 Å². The van der Waals surface area contributed by atoms with Crippen molar-refractivity contribution in [3.63, 3.8) is 0 Å². The van der Waals surface area contributed by atoms with Gasteiger partial charge in [-0.05, 0) is 56.6 Å². The molecule has 0 aromatic heterocycles. The SMILES string of the molecule is CCNC(=NCc1cccc(NC(=O)C(C)CC)c1)NC1CCC(SC)C1.I. The molecular weight excluding hydrogens is 483 g/mol. The summed E-state index contributed by atoms with van der Waals surface area (Å²) in [4.78, 5) is 16.8. The second-order valence-corrected chi connectivity index (χ2v) is 8.34. The molecule has 5 nitrogen and oxygen atoms in total. The fraction of sp³-hybridized carbons (Fsp3) is 0.619. The lowest BCUT2D eigenvalue weighted by Gasteiger charge is -2.17. The predicted octanol–water partition coefficient (Wildman–Crippen LogP) is 4.63. The Labute approximate surface area is 191 Å². The largest absolute Gasteiger partial charge is 0.357 e. The van der Waals surface area contributed by atoms with Crippen molar-refractivity contribution in [1.82, 2.24) is 10.6 Å². The maximum atomic E-state index is 12.1. The summed E-state index contributed by atoms with van der Waals surface area (Å²) in [7, 11) is 0. The van der Waals surface area contributed by atoms with Crippen LogP contribution in [0.2, 0.25) is 0 Å². The maximum Gasteiger partial charge on any atom is 0.227 e. The number of rotatable bonds is 8. The molecule has 2 rings (SSSR count). The van der Waals surface area contributed by atoms with Gasteiger partial charge in [0.25, 0.3) is 0 Å². The average molecular weight is 519 g/mol. The van der Waals surface area contributed by atoms with Crippen molar-refractivity contribution in [1.29, 1.82) is 0 Å². The lowest BCUT2D eigenvalue weighted by atomic mass is 10.1. The first kappa shape index (κ1) is 25.1. The lowest BCUT2D eigenvalue weighted by Crippen LogP contribution is -2.42. The number of carbonyl (C=O) groups excluding carboxylic acids is 1. The zero-order valence-corrected chi connectivity index (χ0v) is 20.6. The highest BCUT2D eigenvalue weighted by molar-refractivity contribution is 14.0. The molecule has 1 fully saturated rings. The van der Waals surface area contributed by atoms with E-state index in [9.17, 15) is 4.79 Å². The Morgan fingerprint density at radius 3 is 2.75 bits per heavy atom. The fourth-order valence-corrected chi connectivity index (χ4v) is 3.96. The van der Waals surface area contributed by atoms with E-state index in [1.807, 2.05) is 49.9 Å². The maximum absolute atomic E-state index is 12.1. The van der Waals surface area contributed by atoms with Gasteiger partial charge >= 0.3 is 0 Å². The third kappa shape index (κ3) is 8.19. The van der Waals surface area contributed by atoms with Crippen LogP contribution in [0.3, 0.4) is 0 Å². The number of anilines is 1. The minimum atomic E-state index is 0. The van der Waals surface area contributed by atoms with Crippen LogP contribution < -0.4 is 16.0 Å². The standard InChI is InChI=1S/C21H34N4OS.HI/c1-5-15(3)20(26)24-17-9-7-8-16(12-17)14-23-21(22-6-2)25-18-10-11-19(13-18)27-4;/h7-9,12,15,18-19H,5-6,10-11,13-14H2,1-4H3,(H,24,26)(H2,22,23,25);1H. The number of thioether (sulfide) groups is 1. The molecule has 3 unspecified atom stereocenters. The normalized spacial score (nSPS) is 20.2. The molecular formula is C21H35IN4OS. The Bertz CT molecular complexity index is 641. The molecule has 1 aromatic carbocycles. The Balaban J connectivity index is 0.00000392. The van der Waals surface area contributed by atoms with Gasteiger partial charge in [0.1, 0.15) is 0 Å². The lowest BCUT2D eigenvalue weighted by molar-refractivity contribution is -0.119. The van der Waals surface area contributed by atoms with Crippen LogP contribution in [-0.4, -0.2) is 36.0 Å². The molecule has 0 heterocycles. The molecule has 1 saturated carbocycles. The van der Waals surface area contributed by atoms with E-state index >= 15 is 0 Å². The number of benzene rings is 1. The quantitative estimate of drug-likeness (QED) is 0.267. The van der Waals surface area contributed by atoms with Crippen molar-refractivity contribution in [2.75, 3.05) is 18.1 Å². The molecule has 1 aliphatic rings. The monoisotopic (exact) mass is 518 g/mol. The number of carbonyl (C=O) groups is 1. The summed E-state index contributed by atoms with van der Waals surface area (Å²) in [6.07, 6.45) is 6.71. The fourth-order valence-electron chi connectivity index (χ4n) is 3.17. The molecule has 0 radical (unpaired) electrons. The first-order valence-electron chi connectivity index (χ1n) is 10.0. The highest BCUT2D eigenvalue weighted by Crippen LogP contribution is 2.28. The van der Waals surface area contributed by atoms with Crippen molar-refractivity contribution < 1.29 is 4.79 Å². The van der Waals surface area contributed by atoms with Crippen LogP contribution in [0, 0.1) is 5.92 Å². The molecule has 0 aliphatic heterocycles. The topological polar surface area (TPSA) is 65.5 Å². The van der Waals surface area contributed by atoms with Crippen molar-refractivity contribution >= 4 is 53.3 Å². The number of guanidine groups is 1. The molecule has 3 atom stereocenters. The Kier molecular flexibility index (Phi) is 11.9. The Hall–Kier alpha value is -0.960. The van der Waals surface area contributed by atoms with Crippen molar-refractivity contribution in [2.24, 2.45) is 10.9 Å². The number of hydrogen-bond donors (Lipinski definition) is 3. The van der Waals surface area contributed by atoms with E-state index in [1.54, 1.807) is 0 Å². The van der Waals surface area contributed by atoms with Crippen LogP contribution in [-0.2, 0) is 11.3 Å². The van der Waals surface area contributed by atoms with Crippen molar-refractivity contribution in [3.05, 3.63) is 29.8 Å². The molecule has 28 heavy (non-hydrogen) atoms. The second kappa shape index (κ2) is 13.3. The first-order chi connectivity index (χ1) is 13.0. The number of amides is 1. The van der Waals surface area contributed by atoms with Gasteiger partial charge in [0, 0.05) is 29.4 Å². The molecule has 1 aliphatic carbocycles.